The van der Waals surface area contributed by atoms with Gasteiger partial charge in [0.05, 0.1) is 5.69 Å². The van der Waals surface area contributed by atoms with Gasteiger partial charge in [-0.25, -0.2) is 4.98 Å². The van der Waals surface area contributed by atoms with Crippen LogP contribution < -0.4 is 10.9 Å². The van der Waals surface area contributed by atoms with Crippen molar-refractivity contribution in [2.75, 3.05) is 5.32 Å². The molecule has 0 spiro atoms. The van der Waals surface area contributed by atoms with Crippen LogP contribution in [-0.2, 0) is 5.75 Å². The Morgan fingerprint density at radius 2 is 2.21 bits per heavy atom. The number of rotatable bonds is 6. The fraction of sp³-hybridized carbons (Fsp3) is 0.375. The van der Waals surface area contributed by atoms with Gasteiger partial charge < -0.3 is 5.32 Å². The van der Waals surface area contributed by atoms with Gasteiger partial charge in [-0.2, -0.15) is 0 Å². The number of aryl methyl sites for hydroxylation is 1. The minimum absolute atomic E-state index is 0.0508. The summed E-state index contributed by atoms with van der Waals surface area (Å²) in [4.78, 5) is 16.8. The van der Waals surface area contributed by atoms with Crippen LogP contribution in [0.1, 0.15) is 31.7 Å². The minimum atomic E-state index is -0.0508. The highest BCUT2D eigenvalue weighted by Gasteiger charge is 2.09. The van der Waals surface area contributed by atoms with E-state index in [0.717, 1.165) is 27.3 Å². The van der Waals surface area contributed by atoms with Crippen LogP contribution >= 0.6 is 23.1 Å². The zero-order valence-electron chi connectivity index (χ0n) is 13.8. The number of aromatic nitrogens is 4. The highest BCUT2D eigenvalue weighted by molar-refractivity contribution is 8.00. The average Bonchev–Trinajstić information content (AvgIpc) is 3.00. The number of hydrogen-bond acceptors (Lipinski definition) is 7. The van der Waals surface area contributed by atoms with Gasteiger partial charge in [-0.1, -0.05) is 36.1 Å². The number of hydrogen-bond donors (Lipinski definition) is 1. The lowest BCUT2D eigenvalue weighted by molar-refractivity contribution is 0.759. The van der Waals surface area contributed by atoms with Gasteiger partial charge in [-0.05, 0) is 32.4 Å². The third kappa shape index (κ3) is 3.76. The van der Waals surface area contributed by atoms with Crippen LogP contribution in [0.4, 0.5) is 5.13 Å². The molecule has 3 heterocycles. The Morgan fingerprint density at radius 3 is 3.00 bits per heavy atom. The Bertz CT molecular complexity index is 905. The van der Waals surface area contributed by atoms with Crippen LogP contribution in [0.5, 0.6) is 0 Å². The highest BCUT2D eigenvalue weighted by atomic mass is 32.2. The standard InChI is InChI=1S/C16H19N5OS2/c1-4-10(2)17-15-19-20-16(24-15)23-9-12-8-14(22)21-11(3)6-5-7-13(21)18-12/h5-8,10H,4,9H2,1-3H3,(H,17,19). The Hall–Kier alpha value is -1.93. The summed E-state index contributed by atoms with van der Waals surface area (Å²) >= 11 is 3.07. The molecule has 0 saturated carbocycles. The summed E-state index contributed by atoms with van der Waals surface area (Å²) < 4.78 is 2.49. The predicted octanol–water partition coefficient (Wildman–Crippen LogP) is 3.36. The van der Waals surface area contributed by atoms with Crippen LogP contribution in [0.2, 0.25) is 0 Å². The normalized spacial score (nSPS) is 12.5. The van der Waals surface area contributed by atoms with Crippen molar-refractivity contribution < 1.29 is 0 Å². The molecule has 24 heavy (non-hydrogen) atoms. The van der Waals surface area contributed by atoms with Crippen LogP contribution in [-0.4, -0.2) is 25.6 Å². The molecular weight excluding hydrogens is 342 g/mol. The molecule has 0 aromatic carbocycles. The Kier molecular flexibility index (Phi) is 5.15. The van der Waals surface area contributed by atoms with Gasteiger partial charge in [0.1, 0.15) is 5.65 Å². The van der Waals surface area contributed by atoms with Crippen molar-refractivity contribution in [3.05, 3.63) is 46.0 Å². The quantitative estimate of drug-likeness (QED) is 0.679. The van der Waals surface area contributed by atoms with Gasteiger partial charge in [0.15, 0.2) is 4.34 Å². The van der Waals surface area contributed by atoms with Crippen molar-refractivity contribution in [3.63, 3.8) is 0 Å². The number of pyridine rings is 1. The van der Waals surface area contributed by atoms with Crippen molar-refractivity contribution in [3.8, 4) is 0 Å². The molecule has 8 heteroatoms. The van der Waals surface area contributed by atoms with Gasteiger partial charge in [0.2, 0.25) is 5.13 Å². The van der Waals surface area contributed by atoms with Crippen molar-refractivity contribution in [2.24, 2.45) is 0 Å². The first-order valence-corrected chi connectivity index (χ1v) is 9.58. The number of nitrogens with zero attached hydrogens (tertiary/aromatic N) is 4. The molecule has 3 aromatic heterocycles. The summed E-state index contributed by atoms with van der Waals surface area (Å²) in [5.41, 5.74) is 2.26. The zero-order chi connectivity index (χ0) is 17.1. The van der Waals surface area contributed by atoms with E-state index in [2.05, 4.69) is 34.3 Å². The molecule has 126 valence electrons. The molecule has 0 aliphatic heterocycles. The molecule has 0 bridgehead atoms. The first kappa shape index (κ1) is 16.9. The fourth-order valence-electron chi connectivity index (χ4n) is 2.21. The van der Waals surface area contributed by atoms with E-state index in [1.807, 2.05) is 25.1 Å². The van der Waals surface area contributed by atoms with Crippen LogP contribution in [0.25, 0.3) is 5.65 Å². The SMILES string of the molecule is CCC(C)Nc1nnc(SCc2cc(=O)n3c(C)cccc3n2)s1. The maximum atomic E-state index is 12.3. The largest absolute Gasteiger partial charge is 0.358 e. The van der Waals surface area contributed by atoms with Gasteiger partial charge in [0.25, 0.3) is 5.56 Å². The molecule has 0 aliphatic carbocycles. The van der Waals surface area contributed by atoms with E-state index >= 15 is 0 Å². The molecule has 0 fully saturated rings. The van der Waals surface area contributed by atoms with E-state index in [0.29, 0.717) is 17.4 Å². The molecule has 6 nitrogen and oxygen atoms in total. The first-order valence-electron chi connectivity index (χ1n) is 7.78. The second kappa shape index (κ2) is 7.31. The van der Waals surface area contributed by atoms with Gasteiger partial charge in [-0.3, -0.25) is 9.20 Å². The van der Waals surface area contributed by atoms with Crippen molar-refractivity contribution in [1.82, 2.24) is 19.6 Å². The van der Waals surface area contributed by atoms with Gasteiger partial charge in [-0.15, -0.1) is 10.2 Å². The van der Waals surface area contributed by atoms with Gasteiger partial charge >= 0.3 is 0 Å². The molecule has 0 amide bonds. The van der Waals surface area contributed by atoms with Crippen LogP contribution in [0.3, 0.4) is 0 Å². The Labute approximate surface area is 148 Å². The molecule has 1 unspecified atom stereocenters. The summed E-state index contributed by atoms with van der Waals surface area (Å²) in [6.45, 7) is 6.14. The molecule has 0 saturated heterocycles. The van der Waals surface area contributed by atoms with E-state index in [9.17, 15) is 4.79 Å². The monoisotopic (exact) mass is 361 g/mol. The average molecular weight is 361 g/mol. The number of anilines is 1. The lowest BCUT2D eigenvalue weighted by atomic mass is 10.3. The lowest BCUT2D eigenvalue weighted by Gasteiger charge is -2.07. The molecule has 0 aliphatic rings. The molecular formula is C16H19N5OS2. The van der Waals surface area contributed by atoms with Gasteiger partial charge in [0, 0.05) is 23.6 Å². The number of fused-ring (bicyclic) bond motifs is 1. The third-order valence-electron chi connectivity index (χ3n) is 3.67. The zero-order valence-corrected chi connectivity index (χ0v) is 15.4. The minimum Gasteiger partial charge on any atom is -0.358 e. The van der Waals surface area contributed by atoms with Crippen molar-refractivity contribution in [1.29, 1.82) is 0 Å². The van der Waals surface area contributed by atoms with E-state index < -0.39 is 0 Å². The lowest BCUT2D eigenvalue weighted by Crippen LogP contribution is -2.17. The van der Waals surface area contributed by atoms with Crippen LogP contribution in [0, 0.1) is 6.92 Å². The Balaban J connectivity index is 1.73. The van der Waals surface area contributed by atoms with E-state index in [4.69, 9.17) is 0 Å². The second-order valence-electron chi connectivity index (χ2n) is 5.56. The van der Waals surface area contributed by atoms with Crippen molar-refractivity contribution >= 4 is 33.9 Å². The fourth-order valence-corrected chi connectivity index (χ4v) is 3.97. The molecule has 0 radical (unpaired) electrons. The molecule has 1 N–H and O–H groups in total. The molecule has 3 aromatic rings. The number of thioether (sulfide) groups is 1. The van der Waals surface area contributed by atoms with Crippen molar-refractivity contribution in [2.45, 2.75) is 43.3 Å². The van der Waals surface area contributed by atoms with E-state index in [1.165, 1.54) is 11.3 Å². The smallest absolute Gasteiger partial charge is 0.258 e. The summed E-state index contributed by atoms with van der Waals surface area (Å²) in [5, 5.41) is 12.5. The topological polar surface area (TPSA) is 72.2 Å². The highest BCUT2D eigenvalue weighted by Crippen LogP contribution is 2.28. The van der Waals surface area contributed by atoms with E-state index in [-0.39, 0.29) is 5.56 Å². The Morgan fingerprint density at radius 1 is 1.38 bits per heavy atom. The second-order valence-corrected chi connectivity index (χ2v) is 7.76. The maximum absolute atomic E-state index is 12.3. The molecule has 1 atom stereocenters. The summed E-state index contributed by atoms with van der Waals surface area (Å²) in [5.74, 6) is 0.595. The predicted molar refractivity (Wildman–Crippen MR) is 99.0 cm³/mol. The summed E-state index contributed by atoms with van der Waals surface area (Å²) in [6.07, 6.45) is 1.03. The summed E-state index contributed by atoms with van der Waals surface area (Å²) in [6, 6.07) is 7.62. The number of nitrogens with one attached hydrogen (secondary N) is 1. The maximum Gasteiger partial charge on any atom is 0.258 e. The van der Waals surface area contributed by atoms with E-state index in [1.54, 1.807) is 22.2 Å². The summed E-state index contributed by atoms with van der Waals surface area (Å²) in [7, 11) is 0. The first-order chi connectivity index (χ1) is 11.6. The van der Waals surface area contributed by atoms with Crippen LogP contribution in [0.15, 0.2) is 33.4 Å². The molecule has 3 rings (SSSR count). The third-order valence-corrected chi connectivity index (χ3v) is 5.69.